The molecule has 1 aliphatic heterocycles. The standard InChI is InChI=1S/C15H19N3OS2/c1-2-6-12(7-3-1)10-16-14-17-18-15(21-14)20-11-13-8-4-5-9-19-13/h1-3,6-7,13H,4-5,8-11H2,(H,16,17)/t13-/m1/s1. The molecule has 1 aliphatic rings. The third kappa shape index (κ3) is 4.69. The molecule has 0 spiro atoms. The molecule has 1 N–H and O–H groups in total. The summed E-state index contributed by atoms with van der Waals surface area (Å²) in [6.07, 6.45) is 4.04. The van der Waals surface area contributed by atoms with Gasteiger partial charge in [-0.1, -0.05) is 53.4 Å². The summed E-state index contributed by atoms with van der Waals surface area (Å²) >= 11 is 3.36. The minimum Gasteiger partial charge on any atom is -0.377 e. The predicted octanol–water partition coefficient (Wildman–Crippen LogP) is 3.81. The zero-order valence-corrected chi connectivity index (χ0v) is 13.5. The van der Waals surface area contributed by atoms with Gasteiger partial charge in [0, 0.05) is 18.9 Å². The Balaban J connectivity index is 1.45. The van der Waals surface area contributed by atoms with Crippen molar-refractivity contribution in [3.63, 3.8) is 0 Å². The normalized spacial score (nSPS) is 18.6. The van der Waals surface area contributed by atoms with E-state index in [1.54, 1.807) is 23.1 Å². The van der Waals surface area contributed by atoms with Crippen molar-refractivity contribution in [1.82, 2.24) is 10.2 Å². The molecule has 1 aromatic heterocycles. The zero-order chi connectivity index (χ0) is 14.3. The van der Waals surface area contributed by atoms with Gasteiger partial charge in [-0.3, -0.25) is 0 Å². The minimum absolute atomic E-state index is 0.383. The number of thioether (sulfide) groups is 1. The molecule has 1 aromatic carbocycles. The second kappa shape index (κ2) is 7.77. The lowest BCUT2D eigenvalue weighted by Crippen LogP contribution is -2.21. The number of nitrogens with zero attached hydrogens (tertiary/aromatic N) is 2. The Morgan fingerprint density at radius 1 is 1.24 bits per heavy atom. The van der Waals surface area contributed by atoms with Crippen LogP contribution in [0.5, 0.6) is 0 Å². The molecule has 1 fully saturated rings. The second-order valence-corrected chi connectivity index (χ2v) is 7.26. The Labute approximate surface area is 133 Å². The number of nitrogens with one attached hydrogen (secondary N) is 1. The summed E-state index contributed by atoms with van der Waals surface area (Å²) in [7, 11) is 0. The first-order valence-corrected chi connectivity index (χ1v) is 9.06. The highest BCUT2D eigenvalue weighted by Gasteiger charge is 2.15. The van der Waals surface area contributed by atoms with Gasteiger partial charge in [-0.25, -0.2) is 0 Å². The minimum atomic E-state index is 0.383. The molecular weight excluding hydrogens is 302 g/mol. The summed E-state index contributed by atoms with van der Waals surface area (Å²) in [6, 6.07) is 10.3. The molecule has 2 aromatic rings. The Kier molecular flexibility index (Phi) is 5.48. The highest BCUT2D eigenvalue weighted by molar-refractivity contribution is 8.01. The van der Waals surface area contributed by atoms with E-state index in [-0.39, 0.29) is 0 Å². The van der Waals surface area contributed by atoms with Crippen molar-refractivity contribution in [2.75, 3.05) is 17.7 Å². The fourth-order valence-corrected chi connectivity index (χ4v) is 4.06. The van der Waals surface area contributed by atoms with Gasteiger partial charge in [-0.15, -0.1) is 10.2 Å². The van der Waals surface area contributed by atoms with E-state index in [1.165, 1.54) is 24.8 Å². The van der Waals surface area contributed by atoms with Crippen molar-refractivity contribution in [2.45, 2.75) is 36.3 Å². The molecule has 0 unspecified atom stereocenters. The summed E-state index contributed by atoms with van der Waals surface area (Å²) < 4.78 is 6.75. The molecule has 2 heterocycles. The van der Waals surface area contributed by atoms with Crippen LogP contribution in [0.25, 0.3) is 0 Å². The average Bonchev–Trinajstić information content (AvgIpc) is 3.01. The summed E-state index contributed by atoms with van der Waals surface area (Å²) in [5, 5.41) is 12.6. The quantitative estimate of drug-likeness (QED) is 0.820. The number of benzene rings is 1. The largest absolute Gasteiger partial charge is 0.377 e. The lowest BCUT2D eigenvalue weighted by atomic mass is 10.1. The molecule has 0 radical (unpaired) electrons. The summed E-state index contributed by atoms with van der Waals surface area (Å²) in [6.45, 7) is 1.69. The number of hydrogen-bond donors (Lipinski definition) is 1. The lowest BCUT2D eigenvalue weighted by molar-refractivity contribution is 0.0315. The maximum Gasteiger partial charge on any atom is 0.206 e. The zero-order valence-electron chi connectivity index (χ0n) is 11.8. The van der Waals surface area contributed by atoms with E-state index in [2.05, 4.69) is 27.6 Å². The molecule has 21 heavy (non-hydrogen) atoms. The van der Waals surface area contributed by atoms with Crippen LogP contribution in [0.4, 0.5) is 5.13 Å². The highest BCUT2D eigenvalue weighted by atomic mass is 32.2. The van der Waals surface area contributed by atoms with Crippen molar-refractivity contribution in [1.29, 1.82) is 0 Å². The maximum absolute atomic E-state index is 5.73. The van der Waals surface area contributed by atoms with Gasteiger partial charge in [0.05, 0.1) is 6.10 Å². The van der Waals surface area contributed by atoms with E-state index in [1.807, 2.05) is 18.2 Å². The van der Waals surface area contributed by atoms with E-state index in [0.29, 0.717) is 6.10 Å². The molecule has 1 saturated heterocycles. The van der Waals surface area contributed by atoms with Gasteiger partial charge in [-0.2, -0.15) is 0 Å². The topological polar surface area (TPSA) is 47.0 Å². The number of ether oxygens (including phenoxy) is 1. The molecule has 0 saturated carbocycles. The van der Waals surface area contributed by atoms with Crippen LogP contribution < -0.4 is 5.32 Å². The van der Waals surface area contributed by atoms with Crippen LogP contribution in [0.1, 0.15) is 24.8 Å². The van der Waals surface area contributed by atoms with Crippen LogP contribution in [-0.4, -0.2) is 28.7 Å². The van der Waals surface area contributed by atoms with Crippen molar-refractivity contribution in [3.8, 4) is 0 Å². The molecule has 1 atom stereocenters. The number of hydrogen-bond acceptors (Lipinski definition) is 6. The van der Waals surface area contributed by atoms with Crippen molar-refractivity contribution < 1.29 is 4.74 Å². The molecule has 0 aliphatic carbocycles. The van der Waals surface area contributed by atoms with E-state index in [0.717, 1.165) is 28.4 Å². The van der Waals surface area contributed by atoms with Crippen molar-refractivity contribution in [3.05, 3.63) is 35.9 Å². The van der Waals surface area contributed by atoms with E-state index in [9.17, 15) is 0 Å². The van der Waals surface area contributed by atoms with Crippen LogP contribution in [0, 0.1) is 0 Å². The summed E-state index contributed by atoms with van der Waals surface area (Å²) in [5.74, 6) is 0.979. The first-order chi connectivity index (χ1) is 10.4. The maximum atomic E-state index is 5.73. The van der Waals surface area contributed by atoms with Crippen LogP contribution >= 0.6 is 23.1 Å². The fraction of sp³-hybridized carbons (Fsp3) is 0.467. The van der Waals surface area contributed by atoms with Crippen molar-refractivity contribution in [2.24, 2.45) is 0 Å². The Morgan fingerprint density at radius 2 is 2.14 bits per heavy atom. The predicted molar refractivity (Wildman–Crippen MR) is 88.0 cm³/mol. The Morgan fingerprint density at radius 3 is 2.95 bits per heavy atom. The van der Waals surface area contributed by atoms with E-state index in [4.69, 9.17) is 4.74 Å². The van der Waals surface area contributed by atoms with E-state index >= 15 is 0 Å². The summed E-state index contributed by atoms with van der Waals surface area (Å²) in [5.41, 5.74) is 1.25. The van der Waals surface area contributed by atoms with Crippen LogP contribution in [0.2, 0.25) is 0 Å². The average molecular weight is 321 g/mol. The van der Waals surface area contributed by atoms with Crippen LogP contribution in [-0.2, 0) is 11.3 Å². The molecule has 4 nitrogen and oxygen atoms in total. The van der Waals surface area contributed by atoms with Gasteiger partial charge in [-0.05, 0) is 24.8 Å². The smallest absolute Gasteiger partial charge is 0.206 e. The van der Waals surface area contributed by atoms with Gasteiger partial charge in [0.1, 0.15) is 0 Å². The van der Waals surface area contributed by atoms with Gasteiger partial charge < -0.3 is 10.1 Å². The molecule has 0 amide bonds. The monoisotopic (exact) mass is 321 g/mol. The van der Waals surface area contributed by atoms with Crippen molar-refractivity contribution >= 4 is 28.2 Å². The third-order valence-electron chi connectivity index (χ3n) is 3.36. The number of anilines is 1. The molecule has 112 valence electrons. The van der Waals surface area contributed by atoms with Crippen LogP contribution in [0.3, 0.4) is 0 Å². The second-order valence-electron chi connectivity index (χ2n) is 5.01. The highest BCUT2D eigenvalue weighted by Crippen LogP contribution is 2.28. The third-order valence-corrected chi connectivity index (χ3v) is 5.51. The molecular formula is C15H19N3OS2. The van der Waals surface area contributed by atoms with Gasteiger partial charge in [0.25, 0.3) is 0 Å². The van der Waals surface area contributed by atoms with Crippen LogP contribution in [0.15, 0.2) is 34.7 Å². The van der Waals surface area contributed by atoms with E-state index < -0.39 is 0 Å². The number of aromatic nitrogens is 2. The first kappa shape index (κ1) is 14.8. The van der Waals surface area contributed by atoms with Gasteiger partial charge in [0.15, 0.2) is 4.34 Å². The van der Waals surface area contributed by atoms with Gasteiger partial charge >= 0.3 is 0 Å². The molecule has 6 heteroatoms. The lowest BCUT2D eigenvalue weighted by Gasteiger charge is -2.21. The fourth-order valence-electron chi connectivity index (χ4n) is 2.22. The molecule has 0 bridgehead atoms. The molecule has 3 rings (SSSR count). The summed E-state index contributed by atoms with van der Waals surface area (Å²) in [4.78, 5) is 0. The number of rotatable bonds is 6. The Bertz CT molecular complexity index is 541. The SMILES string of the molecule is c1ccc(CNc2nnc(SC[C@H]3CCCCO3)s2)cc1. The first-order valence-electron chi connectivity index (χ1n) is 7.26. The Hall–Kier alpha value is -1.11. The van der Waals surface area contributed by atoms with Gasteiger partial charge in [0.2, 0.25) is 5.13 Å².